The summed E-state index contributed by atoms with van der Waals surface area (Å²) in [5.74, 6) is -1.26. The second kappa shape index (κ2) is 47.4. The summed E-state index contributed by atoms with van der Waals surface area (Å²) in [6.07, 6.45) is 4.58. The van der Waals surface area contributed by atoms with Crippen LogP contribution in [0.5, 0.6) is 0 Å². The van der Waals surface area contributed by atoms with Crippen molar-refractivity contribution in [1.82, 2.24) is 54.7 Å². The van der Waals surface area contributed by atoms with E-state index in [1.165, 1.54) is 26.0 Å². The van der Waals surface area contributed by atoms with Gasteiger partial charge in [-0.15, -0.1) is 56.7 Å². The first-order valence-electron chi connectivity index (χ1n) is 49.2. The number of amides is 7. The molecule has 0 radical (unpaired) electrons. The lowest BCUT2D eigenvalue weighted by atomic mass is 9.73. The number of β-amino-alcohol motifs (C(OH)–C–C–N with tert-alkyl or cyclic N) is 4. The largest absolute Gasteiger partial charge is 0.391 e. The summed E-state index contributed by atoms with van der Waals surface area (Å²) in [4.78, 5) is 178. The average Bonchev–Trinajstić information content (AvgIpc) is 1.55. The summed E-state index contributed by atoms with van der Waals surface area (Å²) in [6, 6.07) is 54.3. The Labute approximate surface area is 864 Å². The number of nitrogens with zero attached hydrogens (tertiary/aromatic N) is 10. The van der Waals surface area contributed by atoms with Crippen LogP contribution in [0, 0.1) is 40.5 Å². The third-order valence-electron chi connectivity index (χ3n) is 28.3. The number of hydrogen-bond donors (Lipinski definition) is 6. The van der Waals surface area contributed by atoms with E-state index in [-0.39, 0.29) is 129 Å². The Morgan fingerprint density at radius 1 is 0.438 bits per heavy atom. The van der Waals surface area contributed by atoms with Crippen molar-refractivity contribution in [2.75, 3.05) is 31.9 Å². The molecule has 7 aromatic carbocycles. The Morgan fingerprint density at radius 2 is 0.826 bits per heavy atom. The Hall–Kier alpha value is -12.1. The van der Waals surface area contributed by atoms with E-state index in [0.717, 1.165) is 121 Å². The molecule has 19 rings (SSSR count). The molecule has 7 amide bonds. The van der Waals surface area contributed by atoms with E-state index in [4.69, 9.17) is 0 Å². The molecule has 5 N–H and O–H groups in total. The van der Waals surface area contributed by atoms with E-state index in [9.17, 15) is 73.2 Å². The highest BCUT2D eigenvalue weighted by Crippen LogP contribution is 2.46. The maximum absolute atomic E-state index is 14.1. The standard InChI is InChI=1S/C31H29N3O4S2.C30H31N3O4S.C26H35N3O4S2.C25H26N2O3S/c1-19-29(40-18-32-19)21-11-8-20(9-12-21)10-13-26(36)25-15-23(35)17-33(25)31(38)28(27-7-4-14-39-27)34-16-22-5-2-3-6-24(22)30(34)37;1-19-27(38-18-31-19)21-10-7-20(8-11-21)9-12-26(35)25-15-23(34)17-32(25)29(37)30(13-4-14-30)33-16-22-5-2-3-6-24(22)28(33)36;1-16(2)4-11-24(32)28-21(14-34)26(33)29-13-20(30)12-22(29)23(31)10-7-18-5-8-19(9-6-18)25-17(3)27-15-35-25;1-16-4-3-5-20(12-16)25(30)27-14-21(28)13-22(27)23(29)11-8-18-6-9-19(10-7-18)24-17(2)26-15-31-24/h2-9,11-12,14,18,23,25,28,35H,10,13,15-17H2,1H3;2-3,5-8,10-11,18,23,25,34H,4,9,12-17H2,1H3;5-6,8-9,15-16,20-22,30,34H,4,7,10-14H2,1-3H3,(H,28,32);3-7,9-10,12,15,21-22,28H,8,11,13-14H2,1-2H3/t23-,25+,28+;23-,25+;20-,21+,22+;21-,22+/m1111/s1. The molecule has 144 heavy (non-hydrogen) atoms. The number of carbonyl (C=O) groups is 11. The number of Topliss-reactive ketones (excluding diaryl/α,β-unsaturated/α-hetero) is 4. The summed E-state index contributed by atoms with van der Waals surface area (Å²) in [6.45, 7) is 15.2. The fraction of sp³-hybridized carbons (Fsp3) is 0.384. The van der Waals surface area contributed by atoms with Crippen LogP contribution in [0.2, 0.25) is 0 Å². The average molecular weight is 2050 g/mol. The quantitative estimate of drug-likeness (QED) is 0.0213. The van der Waals surface area contributed by atoms with Gasteiger partial charge in [0, 0.05) is 124 Å². The number of nitrogens with one attached hydrogen (secondary N) is 1. The summed E-state index contributed by atoms with van der Waals surface area (Å²) < 4.78 is 0. The van der Waals surface area contributed by atoms with Gasteiger partial charge in [-0.25, -0.2) is 19.9 Å². The monoisotopic (exact) mass is 2050 g/mol. The van der Waals surface area contributed by atoms with Crippen molar-refractivity contribution in [3.8, 4) is 41.8 Å². The first-order valence-corrected chi connectivity index (χ1v) is 54.2. The minimum absolute atomic E-state index is 0.0000640. The topological polar surface area (TPSA) is 352 Å². The number of thiazole rings is 4. The van der Waals surface area contributed by atoms with Crippen molar-refractivity contribution in [3.05, 3.63) is 293 Å². The number of likely N-dealkylation sites (tertiary alicyclic amines) is 4. The number of thiol groups is 1. The fourth-order valence-corrected chi connectivity index (χ4v) is 24.6. The molecule has 7 aliphatic rings. The molecule has 5 aromatic heterocycles. The van der Waals surface area contributed by atoms with Gasteiger partial charge in [-0.1, -0.05) is 171 Å². The summed E-state index contributed by atoms with van der Waals surface area (Å²) in [5.41, 5.74) is 23.7. The minimum atomic E-state index is -0.927. The number of hydrogen-bond acceptors (Lipinski definition) is 25. The van der Waals surface area contributed by atoms with Crippen LogP contribution >= 0.6 is 69.3 Å². The lowest BCUT2D eigenvalue weighted by Gasteiger charge is -2.49. The van der Waals surface area contributed by atoms with Crippen molar-refractivity contribution < 1.29 is 73.2 Å². The number of benzene rings is 7. The maximum atomic E-state index is 14.1. The van der Waals surface area contributed by atoms with Crippen molar-refractivity contribution in [1.29, 1.82) is 0 Å². The molecule has 5 fully saturated rings. The number of aliphatic hydroxyl groups excluding tert-OH is 4. The number of fused-ring (bicyclic) bond motifs is 2. The number of thiophene rings is 1. The number of aryl methyl sites for hydroxylation is 9. The summed E-state index contributed by atoms with van der Waals surface area (Å²) in [7, 11) is 0. The van der Waals surface area contributed by atoms with Crippen LogP contribution in [0.3, 0.4) is 0 Å². The van der Waals surface area contributed by atoms with Gasteiger partial charge in [0.1, 0.15) is 17.6 Å². The molecule has 0 spiro atoms. The van der Waals surface area contributed by atoms with E-state index < -0.39 is 66.2 Å². The van der Waals surface area contributed by atoms with E-state index in [0.29, 0.717) is 99.9 Å². The van der Waals surface area contributed by atoms with Gasteiger partial charge in [-0.3, -0.25) is 52.7 Å². The highest BCUT2D eigenvalue weighted by atomic mass is 32.1. The Balaban J connectivity index is 0.000000138. The Morgan fingerprint density at radius 3 is 1.19 bits per heavy atom. The smallest absolute Gasteiger partial charge is 0.255 e. The Bertz CT molecular complexity index is 6610. The predicted molar refractivity (Wildman–Crippen MR) is 564 cm³/mol. The fourth-order valence-electron chi connectivity index (χ4n) is 20.2. The molecule has 26 nitrogen and oxygen atoms in total. The van der Waals surface area contributed by atoms with E-state index in [1.54, 1.807) is 72.2 Å². The molecule has 32 heteroatoms. The normalized spacial score (nSPS) is 19.6. The zero-order valence-corrected chi connectivity index (χ0v) is 86.7. The molecule has 6 aliphatic heterocycles. The summed E-state index contributed by atoms with van der Waals surface area (Å²) >= 11 is 12.1. The van der Waals surface area contributed by atoms with Gasteiger partial charge in [0.05, 0.1) is 113 Å². The predicted octanol–water partition coefficient (Wildman–Crippen LogP) is 16.8. The third-order valence-corrected chi connectivity index (χ3v) is 33.5. The molecule has 1 aliphatic carbocycles. The zero-order valence-electron chi connectivity index (χ0n) is 81.8. The van der Waals surface area contributed by atoms with Crippen molar-refractivity contribution in [2.24, 2.45) is 5.92 Å². The molecule has 10 atom stereocenters. The van der Waals surface area contributed by atoms with Gasteiger partial charge in [-0.05, 0) is 183 Å². The van der Waals surface area contributed by atoms with E-state index >= 15 is 0 Å². The van der Waals surface area contributed by atoms with Crippen LogP contribution in [-0.4, -0.2) is 226 Å². The second-order valence-electron chi connectivity index (χ2n) is 38.8. The highest BCUT2D eigenvalue weighted by Gasteiger charge is 2.57. The van der Waals surface area contributed by atoms with Gasteiger partial charge >= 0.3 is 0 Å². The molecule has 750 valence electrons. The molecule has 0 unspecified atom stereocenters. The van der Waals surface area contributed by atoms with Crippen LogP contribution in [0.4, 0.5) is 0 Å². The SMILES string of the molecule is Cc1cccc(C(=O)N2C[C@H](O)C[C@H]2C(=O)CCc2ccc(-c3scnc3C)cc2)c1.Cc1ncsc1-c1ccc(CCC(=O)[C@@H]2C[C@@H](O)CN2C(=O)C2(N3Cc4ccccc4C3=O)CCC2)cc1.Cc1ncsc1-c1ccc(CCC(=O)[C@@H]2C[C@@H](O)CN2C(=O)[C@H](CS)NC(=O)CCC(C)C)cc1.Cc1ncsc1-c1ccc(CCC(=O)[C@@H]2C[C@@H](O)CN2C(=O)[C@H](c2cccs2)N2Cc3ccccc3C2=O)cc1. The minimum Gasteiger partial charge on any atom is -0.391 e. The maximum Gasteiger partial charge on any atom is 0.255 e. The number of ketones is 4. The highest BCUT2D eigenvalue weighted by molar-refractivity contribution is 7.80. The van der Waals surface area contributed by atoms with Crippen molar-refractivity contribution in [2.45, 2.75) is 237 Å². The molecular formula is C112H121N11O15S6. The van der Waals surface area contributed by atoms with Crippen molar-refractivity contribution >= 4 is 134 Å². The molecule has 1 saturated carbocycles. The number of rotatable bonds is 32. The van der Waals surface area contributed by atoms with Crippen LogP contribution in [-0.2, 0) is 77.1 Å². The van der Waals surface area contributed by atoms with Crippen LogP contribution in [0.1, 0.15) is 201 Å². The molecule has 12 aromatic rings. The number of aliphatic hydroxyl groups is 4. The third kappa shape index (κ3) is 24.3. The van der Waals surface area contributed by atoms with Gasteiger partial charge in [-0.2, -0.15) is 12.6 Å². The number of carbonyl (C=O) groups excluding carboxylic acids is 11. The first kappa shape index (κ1) is 105. The number of aromatic nitrogens is 4. The summed E-state index contributed by atoms with van der Waals surface area (Å²) in [5, 5.41) is 46.0. The Kier molecular flexibility index (Phi) is 34.5. The van der Waals surface area contributed by atoms with Crippen molar-refractivity contribution in [3.63, 3.8) is 0 Å². The van der Waals surface area contributed by atoms with Crippen LogP contribution in [0.25, 0.3) is 41.8 Å². The first-order chi connectivity index (χ1) is 69.4. The molecular weight excluding hydrogens is 1930 g/mol. The van der Waals surface area contributed by atoms with Gasteiger partial charge in [0.25, 0.3) is 23.6 Å². The van der Waals surface area contributed by atoms with Gasteiger partial charge in [0.2, 0.25) is 17.7 Å². The van der Waals surface area contributed by atoms with E-state index in [2.05, 4.69) is 62.1 Å². The lowest BCUT2D eigenvalue weighted by Crippen LogP contribution is -2.64. The van der Waals surface area contributed by atoms with E-state index in [1.807, 2.05) is 221 Å². The second-order valence-corrected chi connectivity index (χ2v) is 43.5. The molecule has 11 heterocycles. The molecule has 4 saturated heterocycles. The molecule has 0 bridgehead atoms. The zero-order chi connectivity index (χ0) is 102. The van der Waals surface area contributed by atoms with Gasteiger partial charge < -0.3 is 55.1 Å². The lowest BCUT2D eigenvalue weighted by molar-refractivity contribution is -0.152. The van der Waals surface area contributed by atoms with Crippen LogP contribution < -0.4 is 5.32 Å². The van der Waals surface area contributed by atoms with Gasteiger partial charge in [0.15, 0.2) is 23.1 Å². The van der Waals surface area contributed by atoms with Crippen LogP contribution in [0.15, 0.2) is 209 Å².